The van der Waals surface area contributed by atoms with Gasteiger partial charge in [-0.2, -0.15) is 0 Å². The van der Waals surface area contributed by atoms with Crippen molar-refractivity contribution in [2.75, 3.05) is 34.4 Å². The van der Waals surface area contributed by atoms with E-state index in [1.807, 2.05) is 0 Å². The molecule has 8 nitrogen and oxygen atoms in total. The van der Waals surface area contributed by atoms with Gasteiger partial charge in [-0.05, 0) is 39.7 Å². The van der Waals surface area contributed by atoms with Crippen LogP contribution in [0.2, 0.25) is 0 Å². The van der Waals surface area contributed by atoms with E-state index in [9.17, 15) is 9.90 Å². The molecule has 1 aromatic heterocycles. The Balaban J connectivity index is 2.02. The summed E-state index contributed by atoms with van der Waals surface area (Å²) in [6.07, 6.45) is 0.738. The van der Waals surface area contributed by atoms with Gasteiger partial charge in [0.25, 0.3) is 5.91 Å². The number of aliphatic hydroxyl groups excluding tert-OH is 1. The summed E-state index contributed by atoms with van der Waals surface area (Å²) >= 11 is 3.26. The van der Waals surface area contributed by atoms with Crippen molar-refractivity contribution in [1.82, 2.24) is 10.3 Å². The van der Waals surface area contributed by atoms with Crippen LogP contribution in [-0.2, 0) is 9.47 Å². The highest BCUT2D eigenvalue weighted by molar-refractivity contribution is 9.10. The monoisotopic (exact) mass is 428 g/mol. The molecule has 1 heterocycles. The molecule has 142 valence electrons. The van der Waals surface area contributed by atoms with Crippen LogP contribution in [0.4, 0.5) is 0 Å². The fourth-order valence-electron chi connectivity index (χ4n) is 2.11. The lowest BCUT2D eigenvalue weighted by molar-refractivity contribution is 0.0320. The van der Waals surface area contributed by atoms with Gasteiger partial charge in [-0.25, -0.2) is 0 Å². The Morgan fingerprint density at radius 1 is 1.19 bits per heavy atom. The third-order valence-corrected chi connectivity index (χ3v) is 3.82. The quantitative estimate of drug-likeness (QED) is 0.501. The lowest BCUT2D eigenvalue weighted by atomic mass is 10.1. The number of carbonyl (C=O) groups excluding carboxylic acids is 1. The molecular formula is C17H21BrN2O6. The maximum atomic E-state index is 12.0. The van der Waals surface area contributed by atoms with Crippen molar-refractivity contribution in [3.05, 3.63) is 46.2 Å². The van der Waals surface area contributed by atoms with Gasteiger partial charge >= 0.3 is 0 Å². The van der Waals surface area contributed by atoms with Crippen LogP contribution in [-0.4, -0.2) is 50.3 Å². The number of hydrogen-bond donors (Lipinski definition) is 3. The Morgan fingerprint density at radius 3 is 2.50 bits per heavy atom. The average Bonchev–Trinajstić information content (AvgIpc) is 3.09. The second-order valence-electron chi connectivity index (χ2n) is 5.27. The number of nitrogens with one attached hydrogen (secondary N) is 2. The molecule has 0 saturated carbocycles. The first-order valence-corrected chi connectivity index (χ1v) is 8.52. The van der Waals surface area contributed by atoms with Gasteiger partial charge in [0.15, 0.2) is 25.1 Å². The van der Waals surface area contributed by atoms with Gasteiger partial charge in [0.1, 0.15) is 5.69 Å². The molecule has 0 saturated heterocycles. The SMILES string of the molecule is COCOc1ccc(C(O)CNC(=O)c2cc(Br)c[nH]2)cc1OCOC. The Labute approximate surface area is 159 Å². The molecule has 0 aliphatic carbocycles. The van der Waals surface area contributed by atoms with E-state index in [1.165, 1.54) is 14.2 Å². The molecular weight excluding hydrogens is 408 g/mol. The van der Waals surface area contributed by atoms with E-state index in [0.717, 1.165) is 4.47 Å². The van der Waals surface area contributed by atoms with E-state index < -0.39 is 6.10 Å². The Morgan fingerprint density at radius 2 is 1.88 bits per heavy atom. The number of benzene rings is 1. The first-order valence-electron chi connectivity index (χ1n) is 7.72. The summed E-state index contributed by atoms with van der Waals surface area (Å²) in [7, 11) is 3.02. The van der Waals surface area contributed by atoms with Crippen molar-refractivity contribution < 1.29 is 28.8 Å². The zero-order chi connectivity index (χ0) is 18.9. The highest BCUT2D eigenvalue weighted by Gasteiger charge is 2.15. The molecule has 1 unspecified atom stereocenters. The standard InChI is InChI=1S/C17H21BrN2O6/c1-23-9-25-15-4-3-11(5-16(15)26-10-24-2)14(21)8-20-17(22)13-6-12(18)7-19-13/h3-7,14,19,21H,8-10H2,1-2H3,(H,20,22). The zero-order valence-corrected chi connectivity index (χ0v) is 16.0. The number of aliphatic hydroxyl groups is 1. The molecule has 2 rings (SSSR count). The number of hydrogen-bond acceptors (Lipinski definition) is 6. The van der Waals surface area contributed by atoms with Gasteiger partial charge in [0.05, 0.1) is 6.10 Å². The van der Waals surface area contributed by atoms with Crippen LogP contribution < -0.4 is 14.8 Å². The maximum absolute atomic E-state index is 12.0. The van der Waals surface area contributed by atoms with Crippen LogP contribution in [0.3, 0.4) is 0 Å². The molecule has 1 amide bonds. The van der Waals surface area contributed by atoms with Crippen LogP contribution in [0.1, 0.15) is 22.2 Å². The summed E-state index contributed by atoms with van der Waals surface area (Å²) in [5, 5.41) is 13.0. The highest BCUT2D eigenvalue weighted by atomic mass is 79.9. The van der Waals surface area contributed by atoms with Gasteiger partial charge in [-0.1, -0.05) is 6.07 Å². The zero-order valence-electron chi connectivity index (χ0n) is 14.5. The molecule has 26 heavy (non-hydrogen) atoms. The van der Waals surface area contributed by atoms with E-state index in [2.05, 4.69) is 26.2 Å². The van der Waals surface area contributed by atoms with Crippen molar-refractivity contribution in [3.8, 4) is 11.5 Å². The van der Waals surface area contributed by atoms with Crippen LogP contribution >= 0.6 is 15.9 Å². The lowest BCUT2D eigenvalue weighted by Crippen LogP contribution is -2.28. The minimum absolute atomic E-state index is 0.0291. The van der Waals surface area contributed by atoms with Crippen molar-refractivity contribution in [2.45, 2.75) is 6.10 Å². The number of aromatic amines is 1. The number of aromatic nitrogens is 1. The van der Waals surface area contributed by atoms with Crippen molar-refractivity contribution in [3.63, 3.8) is 0 Å². The largest absolute Gasteiger partial charge is 0.464 e. The van der Waals surface area contributed by atoms with E-state index >= 15 is 0 Å². The predicted octanol–water partition coefficient (Wildman–Crippen LogP) is 2.21. The van der Waals surface area contributed by atoms with Gasteiger partial charge in [0, 0.05) is 31.4 Å². The van der Waals surface area contributed by atoms with Gasteiger partial charge in [-0.3, -0.25) is 4.79 Å². The molecule has 0 aliphatic heterocycles. The van der Waals surface area contributed by atoms with Crippen LogP contribution in [0.15, 0.2) is 34.9 Å². The summed E-state index contributed by atoms with van der Waals surface area (Å²) in [4.78, 5) is 14.9. The van der Waals surface area contributed by atoms with Gasteiger partial charge < -0.3 is 34.4 Å². The van der Waals surface area contributed by atoms with E-state index in [1.54, 1.807) is 30.5 Å². The normalized spacial score (nSPS) is 11.8. The van der Waals surface area contributed by atoms with Crippen molar-refractivity contribution in [2.24, 2.45) is 0 Å². The molecule has 2 aromatic rings. The minimum Gasteiger partial charge on any atom is -0.464 e. The summed E-state index contributed by atoms with van der Waals surface area (Å²) in [5.74, 6) is 0.547. The fourth-order valence-corrected chi connectivity index (χ4v) is 2.45. The Bertz CT molecular complexity index is 721. The van der Waals surface area contributed by atoms with Gasteiger partial charge in [0.2, 0.25) is 0 Å². The van der Waals surface area contributed by atoms with Gasteiger partial charge in [-0.15, -0.1) is 0 Å². The maximum Gasteiger partial charge on any atom is 0.267 e. The van der Waals surface area contributed by atoms with Crippen LogP contribution in [0.5, 0.6) is 11.5 Å². The van der Waals surface area contributed by atoms with E-state index in [0.29, 0.717) is 22.8 Å². The molecule has 1 aromatic carbocycles. The summed E-state index contributed by atoms with van der Waals surface area (Å²) in [6.45, 7) is 0.131. The number of rotatable bonds is 10. The van der Waals surface area contributed by atoms with E-state index in [4.69, 9.17) is 18.9 Å². The molecule has 3 N–H and O–H groups in total. The van der Waals surface area contributed by atoms with E-state index in [-0.39, 0.29) is 26.0 Å². The van der Waals surface area contributed by atoms with Crippen molar-refractivity contribution in [1.29, 1.82) is 0 Å². The van der Waals surface area contributed by atoms with Crippen LogP contribution in [0, 0.1) is 0 Å². The summed E-state index contributed by atoms with van der Waals surface area (Å²) in [6, 6.07) is 6.63. The minimum atomic E-state index is -0.918. The first kappa shape index (κ1) is 20.2. The molecule has 0 aliphatic rings. The average molecular weight is 429 g/mol. The number of ether oxygens (including phenoxy) is 4. The first-order chi connectivity index (χ1) is 12.5. The fraction of sp³-hybridized carbons (Fsp3) is 0.353. The molecule has 0 bridgehead atoms. The molecule has 0 radical (unpaired) electrons. The van der Waals surface area contributed by atoms with Crippen molar-refractivity contribution >= 4 is 21.8 Å². The summed E-state index contributed by atoms with van der Waals surface area (Å²) in [5.41, 5.74) is 0.963. The predicted molar refractivity (Wildman–Crippen MR) is 97.2 cm³/mol. The topological polar surface area (TPSA) is 102 Å². The van der Waals surface area contributed by atoms with Crippen LogP contribution in [0.25, 0.3) is 0 Å². The number of carbonyl (C=O) groups is 1. The molecule has 0 spiro atoms. The highest BCUT2D eigenvalue weighted by Crippen LogP contribution is 2.30. The lowest BCUT2D eigenvalue weighted by Gasteiger charge is -2.16. The number of methoxy groups -OCH3 is 2. The number of H-pyrrole nitrogens is 1. The third kappa shape index (κ3) is 5.73. The molecule has 1 atom stereocenters. The smallest absolute Gasteiger partial charge is 0.267 e. The second kappa shape index (κ2) is 10.2. The Hall–Kier alpha value is -2.07. The molecule has 9 heteroatoms. The molecule has 0 fully saturated rings. The number of halogens is 1. The number of amides is 1. The second-order valence-corrected chi connectivity index (χ2v) is 6.18. The Kier molecular flexibility index (Phi) is 7.92. The summed E-state index contributed by atoms with van der Waals surface area (Å²) < 4.78 is 21.4. The third-order valence-electron chi connectivity index (χ3n) is 3.37.